The first-order chi connectivity index (χ1) is 12.8. The number of pyridine rings is 1. The lowest BCUT2D eigenvalue weighted by molar-refractivity contribution is 0.444. The normalized spacial score (nSPS) is 17.1. The third kappa shape index (κ3) is 3.77. The second-order valence-electron chi connectivity index (χ2n) is 6.38. The monoisotopic (exact) mass is 348 g/mol. The molecule has 3 aromatic heterocycles. The van der Waals surface area contributed by atoms with Crippen LogP contribution in [0.1, 0.15) is 30.1 Å². The Balaban J connectivity index is 1.51. The molecule has 132 valence electrons. The molecule has 0 aliphatic carbocycles. The van der Waals surface area contributed by atoms with Crippen molar-refractivity contribution in [3.05, 3.63) is 60.7 Å². The van der Waals surface area contributed by atoms with Crippen molar-refractivity contribution in [1.29, 1.82) is 0 Å². The Morgan fingerprint density at radius 2 is 2.12 bits per heavy atom. The number of ether oxygens (including phenoxy) is 1. The Morgan fingerprint density at radius 1 is 1.15 bits per heavy atom. The molecule has 3 aromatic rings. The Hall–Kier alpha value is -3.09. The molecular formula is C19H20N6O. The highest BCUT2D eigenvalue weighted by Crippen LogP contribution is 2.29. The van der Waals surface area contributed by atoms with E-state index in [1.54, 1.807) is 24.9 Å². The van der Waals surface area contributed by atoms with Crippen molar-refractivity contribution in [3.8, 4) is 11.6 Å². The van der Waals surface area contributed by atoms with E-state index in [9.17, 15) is 0 Å². The predicted molar refractivity (Wildman–Crippen MR) is 97.3 cm³/mol. The Bertz CT molecular complexity index is 873. The Morgan fingerprint density at radius 3 is 2.96 bits per heavy atom. The topological polar surface area (TPSA) is 76.9 Å². The zero-order chi connectivity index (χ0) is 17.8. The SMILES string of the molecule is Cc1cc(N2CCCC(c3cncc(Oc4cccnc4)n3)C2)ncn1. The van der Waals surface area contributed by atoms with Gasteiger partial charge in [-0.15, -0.1) is 0 Å². The summed E-state index contributed by atoms with van der Waals surface area (Å²) < 4.78 is 5.77. The molecule has 1 fully saturated rings. The van der Waals surface area contributed by atoms with Crippen LogP contribution in [0.15, 0.2) is 49.3 Å². The van der Waals surface area contributed by atoms with Gasteiger partial charge in [0, 0.05) is 43.2 Å². The van der Waals surface area contributed by atoms with Gasteiger partial charge in [0.05, 0.1) is 18.1 Å². The predicted octanol–water partition coefficient (Wildman–Crippen LogP) is 3.15. The summed E-state index contributed by atoms with van der Waals surface area (Å²) in [5.74, 6) is 2.41. The summed E-state index contributed by atoms with van der Waals surface area (Å²) in [5, 5.41) is 0. The van der Waals surface area contributed by atoms with Gasteiger partial charge in [0.1, 0.15) is 17.9 Å². The molecule has 1 saturated heterocycles. The van der Waals surface area contributed by atoms with Gasteiger partial charge in [0.25, 0.3) is 0 Å². The summed E-state index contributed by atoms with van der Waals surface area (Å²) in [5.41, 5.74) is 1.92. The second-order valence-corrected chi connectivity index (χ2v) is 6.38. The lowest BCUT2D eigenvalue weighted by Crippen LogP contribution is -2.35. The van der Waals surface area contributed by atoms with Crippen LogP contribution in [0.4, 0.5) is 5.82 Å². The molecule has 1 aliphatic heterocycles. The number of aryl methyl sites for hydroxylation is 1. The number of nitrogens with zero attached hydrogens (tertiary/aromatic N) is 6. The molecule has 0 aromatic carbocycles. The van der Waals surface area contributed by atoms with Crippen LogP contribution >= 0.6 is 0 Å². The Kier molecular flexibility index (Phi) is 4.68. The highest BCUT2D eigenvalue weighted by Gasteiger charge is 2.24. The third-order valence-corrected chi connectivity index (χ3v) is 4.44. The number of aromatic nitrogens is 5. The minimum absolute atomic E-state index is 0.295. The number of hydrogen-bond donors (Lipinski definition) is 0. The summed E-state index contributed by atoms with van der Waals surface area (Å²) >= 11 is 0. The number of anilines is 1. The van der Waals surface area contributed by atoms with E-state index in [1.807, 2.05) is 31.3 Å². The maximum absolute atomic E-state index is 5.77. The summed E-state index contributed by atoms with van der Waals surface area (Å²) in [7, 11) is 0. The summed E-state index contributed by atoms with van der Waals surface area (Å²) in [6.07, 6.45) is 10.6. The minimum atomic E-state index is 0.295. The second kappa shape index (κ2) is 7.43. The molecule has 1 atom stereocenters. The van der Waals surface area contributed by atoms with Crippen LogP contribution < -0.4 is 9.64 Å². The van der Waals surface area contributed by atoms with E-state index < -0.39 is 0 Å². The molecule has 26 heavy (non-hydrogen) atoms. The maximum Gasteiger partial charge on any atom is 0.238 e. The van der Waals surface area contributed by atoms with Gasteiger partial charge in [0.2, 0.25) is 5.88 Å². The standard InChI is InChI=1S/C19H20N6O/c1-14-8-18(23-13-22-14)25-7-3-4-15(12-25)17-10-21-11-19(24-17)26-16-5-2-6-20-9-16/h2,5-6,8-11,13,15H,3-4,7,12H2,1H3. The van der Waals surface area contributed by atoms with Crippen LogP contribution in [0, 0.1) is 6.92 Å². The highest BCUT2D eigenvalue weighted by molar-refractivity contribution is 5.40. The molecule has 0 amide bonds. The molecule has 0 saturated carbocycles. The van der Waals surface area contributed by atoms with Crippen LogP contribution in [0.25, 0.3) is 0 Å². The van der Waals surface area contributed by atoms with E-state index >= 15 is 0 Å². The van der Waals surface area contributed by atoms with Gasteiger partial charge in [-0.2, -0.15) is 0 Å². The van der Waals surface area contributed by atoms with E-state index in [0.29, 0.717) is 17.5 Å². The van der Waals surface area contributed by atoms with Crippen molar-refractivity contribution in [3.63, 3.8) is 0 Å². The molecule has 0 spiro atoms. The smallest absolute Gasteiger partial charge is 0.238 e. The van der Waals surface area contributed by atoms with Crippen LogP contribution in [0.3, 0.4) is 0 Å². The zero-order valence-corrected chi connectivity index (χ0v) is 14.6. The quantitative estimate of drug-likeness (QED) is 0.717. The van der Waals surface area contributed by atoms with Crippen molar-refractivity contribution in [2.75, 3.05) is 18.0 Å². The number of rotatable bonds is 4. The van der Waals surface area contributed by atoms with Crippen molar-refractivity contribution < 1.29 is 4.74 Å². The molecule has 0 bridgehead atoms. The molecular weight excluding hydrogens is 328 g/mol. The first kappa shape index (κ1) is 16.4. The fraction of sp³-hybridized carbons (Fsp3) is 0.316. The Labute approximate surface area is 152 Å². The lowest BCUT2D eigenvalue weighted by Gasteiger charge is -2.33. The highest BCUT2D eigenvalue weighted by atomic mass is 16.5. The summed E-state index contributed by atoms with van der Waals surface area (Å²) in [6, 6.07) is 5.70. The van der Waals surface area contributed by atoms with Gasteiger partial charge in [0.15, 0.2) is 0 Å². The van der Waals surface area contributed by atoms with Gasteiger partial charge in [-0.1, -0.05) is 0 Å². The van der Waals surface area contributed by atoms with Crippen LogP contribution in [0.2, 0.25) is 0 Å². The number of hydrogen-bond acceptors (Lipinski definition) is 7. The summed E-state index contributed by atoms with van der Waals surface area (Å²) in [4.78, 5) is 23.9. The first-order valence-corrected chi connectivity index (χ1v) is 8.71. The summed E-state index contributed by atoms with van der Waals surface area (Å²) in [6.45, 7) is 3.84. The first-order valence-electron chi connectivity index (χ1n) is 8.71. The average Bonchev–Trinajstić information content (AvgIpc) is 2.69. The van der Waals surface area contributed by atoms with E-state index in [0.717, 1.165) is 43.1 Å². The molecule has 4 heterocycles. The molecule has 0 N–H and O–H groups in total. The fourth-order valence-electron chi connectivity index (χ4n) is 3.18. The van der Waals surface area contributed by atoms with Gasteiger partial charge in [-0.25, -0.2) is 15.0 Å². The van der Waals surface area contributed by atoms with E-state index in [-0.39, 0.29) is 0 Å². The van der Waals surface area contributed by atoms with Gasteiger partial charge >= 0.3 is 0 Å². The molecule has 1 unspecified atom stereocenters. The van der Waals surface area contributed by atoms with Crippen LogP contribution in [-0.4, -0.2) is 38.0 Å². The molecule has 7 heteroatoms. The van der Waals surface area contributed by atoms with E-state index in [1.165, 1.54) is 0 Å². The van der Waals surface area contributed by atoms with Crippen molar-refractivity contribution in [2.24, 2.45) is 0 Å². The van der Waals surface area contributed by atoms with Crippen molar-refractivity contribution >= 4 is 5.82 Å². The van der Waals surface area contributed by atoms with Gasteiger partial charge < -0.3 is 9.64 Å². The molecule has 7 nitrogen and oxygen atoms in total. The molecule has 4 rings (SSSR count). The molecule has 1 aliphatic rings. The molecule has 0 radical (unpaired) electrons. The fourth-order valence-corrected chi connectivity index (χ4v) is 3.18. The van der Waals surface area contributed by atoms with E-state index in [2.05, 4.69) is 29.8 Å². The minimum Gasteiger partial charge on any atom is -0.436 e. The maximum atomic E-state index is 5.77. The third-order valence-electron chi connectivity index (χ3n) is 4.44. The zero-order valence-electron chi connectivity index (χ0n) is 14.6. The van der Waals surface area contributed by atoms with Gasteiger partial charge in [-0.3, -0.25) is 9.97 Å². The van der Waals surface area contributed by atoms with Crippen LogP contribution in [0.5, 0.6) is 11.6 Å². The van der Waals surface area contributed by atoms with E-state index in [4.69, 9.17) is 4.74 Å². The lowest BCUT2D eigenvalue weighted by atomic mass is 9.95. The largest absolute Gasteiger partial charge is 0.436 e. The van der Waals surface area contributed by atoms with Gasteiger partial charge in [-0.05, 0) is 31.9 Å². The van der Waals surface area contributed by atoms with Crippen LogP contribution in [-0.2, 0) is 0 Å². The average molecular weight is 348 g/mol. The van der Waals surface area contributed by atoms with Crippen molar-refractivity contribution in [2.45, 2.75) is 25.7 Å². The number of piperidine rings is 1. The van der Waals surface area contributed by atoms with Crippen molar-refractivity contribution in [1.82, 2.24) is 24.9 Å².